The van der Waals surface area contributed by atoms with Gasteiger partial charge in [-0.15, -0.1) is 0 Å². The molecule has 0 N–H and O–H groups in total. The number of Topliss-reactive ketones (excluding diaryl/α,β-unsaturated/α-hetero) is 2. The second-order valence-corrected chi connectivity index (χ2v) is 13.9. The van der Waals surface area contributed by atoms with Crippen LogP contribution in [0.3, 0.4) is 0 Å². The maximum atomic E-state index is 13.6. The van der Waals surface area contributed by atoms with Crippen molar-refractivity contribution in [3.05, 3.63) is 11.6 Å². The van der Waals surface area contributed by atoms with Crippen LogP contribution in [0.1, 0.15) is 72.6 Å². The number of hydrogen-bond donors (Lipinski definition) is 0. The van der Waals surface area contributed by atoms with Gasteiger partial charge >= 0.3 is 0 Å². The van der Waals surface area contributed by atoms with Gasteiger partial charge in [-0.1, -0.05) is 45.8 Å². The maximum absolute atomic E-state index is 13.6. The van der Waals surface area contributed by atoms with Crippen molar-refractivity contribution in [2.45, 2.75) is 84.8 Å². The molecule has 5 fully saturated rings. The minimum absolute atomic E-state index is 0.0635. The molecule has 6 nitrogen and oxygen atoms in total. The summed E-state index contributed by atoms with van der Waals surface area (Å²) in [6.07, 6.45) is 10.4. The number of epoxide rings is 2. The van der Waals surface area contributed by atoms with Crippen LogP contribution in [0.4, 0.5) is 0 Å². The molecule has 7 rings (SSSR count). The molecule has 37 heavy (non-hydrogen) atoms. The van der Waals surface area contributed by atoms with Crippen molar-refractivity contribution in [3.8, 4) is 0 Å². The van der Waals surface area contributed by atoms with Gasteiger partial charge in [0.2, 0.25) is 0 Å². The highest BCUT2D eigenvalue weighted by molar-refractivity contribution is 5.86. The lowest BCUT2D eigenvalue weighted by atomic mass is 9.36. The molecule has 2 bridgehead atoms. The van der Waals surface area contributed by atoms with Crippen molar-refractivity contribution in [3.63, 3.8) is 0 Å². The third kappa shape index (κ3) is 4.58. The van der Waals surface area contributed by atoms with E-state index in [-0.39, 0.29) is 59.2 Å². The summed E-state index contributed by atoms with van der Waals surface area (Å²) in [5.74, 6) is 2.30. The SMILES string of the molecule is CC(C)C1=CC23CCC4C(C)(C(=O)COCC5CO5)CCCC4(C)C2CC1C(C(=O)COCC1CO1)C3. The summed E-state index contributed by atoms with van der Waals surface area (Å²) in [5, 5.41) is 0. The van der Waals surface area contributed by atoms with Crippen LogP contribution >= 0.6 is 0 Å². The topological polar surface area (TPSA) is 77.7 Å². The second kappa shape index (κ2) is 9.53. The molecule has 0 aromatic heterocycles. The van der Waals surface area contributed by atoms with Gasteiger partial charge in [0.15, 0.2) is 11.6 Å². The lowest BCUT2D eigenvalue weighted by Gasteiger charge is -2.68. The standard InChI is InChI=1S/C31H46O6/c1-19(2)23-11-31-9-6-26-29(3,7-5-8-30(26,4)28(33)18-35-14-21-16-37-21)27(31)10-22(23)24(12-31)25(32)17-34-13-20-15-36-20/h11,19-22,24,26-27H,5-10,12-18H2,1-4H3. The van der Waals surface area contributed by atoms with Crippen LogP contribution in [-0.4, -0.2) is 63.4 Å². The molecule has 206 valence electrons. The van der Waals surface area contributed by atoms with E-state index in [9.17, 15) is 9.59 Å². The number of rotatable bonds is 11. The number of carbonyl (C=O) groups is 2. The molecule has 0 radical (unpaired) electrons. The zero-order valence-electron chi connectivity index (χ0n) is 23.3. The van der Waals surface area contributed by atoms with Crippen LogP contribution < -0.4 is 0 Å². The van der Waals surface area contributed by atoms with Crippen molar-refractivity contribution < 1.29 is 28.5 Å². The molecule has 2 saturated heterocycles. The summed E-state index contributed by atoms with van der Waals surface area (Å²) in [4.78, 5) is 27.1. The fourth-order valence-electron chi connectivity index (χ4n) is 9.42. The molecule has 0 amide bonds. The van der Waals surface area contributed by atoms with Gasteiger partial charge in [0, 0.05) is 11.3 Å². The summed E-state index contributed by atoms with van der Waals surface area (Å²) >= 11 is 0. The van der Waals surface area contributed by atoms with Crippen molar-refractivity contribution in [1.29, 1.82) is 0 Å². The van der Waals surface area contributed by atoms with Crippen molar-refractivity contribution in [2.75, 3.05) is 39.6 Å². The Labute approximate surface area is 222 Å². The van der Waals surface area contributed by atoms with Gasteiger partial charge in [-0.25, -0.2) is 0 Å². The van der Waals surface area contributed by atoms with Crippen LogP contribution in [0.15, 0.2) is 11.6 Å². The van der Waals surface area contributed by atoms with Crippen molar-refractivity contribution >= 4 is 11.6 Å². The molecule has 5 aliphatic carbocycles. The van der Waals surface area contributed by atoms with Gasteiger partial charge in [-0.05, 0) is 73.0 Å². The summed E-state index contributed by atoms with van der Waals surface area (Å²) < 4.78 is 22.1. The summed E-state index contributed by atoms with van der Waals surface area (Å²) in [7, 11) is 0. The molecule has 7 aliphatic rings. The van der Waals surface area contributed by atoms with Gasteiger partial charge in [-0.2, -0.15) is 0 Å². The highest BCUT2D eigenvalue weighted by Gasteiger charge is 2.66. The van der Waals surface area contributed by atoms with Crippen molar-refractivity contribution in [2.24, 2.45) is 45.8 Å². The van der Waals surface area contributed by atoms with Gasteiger partial charge in [0.05, 0.1) is 26.4 Å². The number of hydrogen-bond acceptors (Lipinski definition) is 6. The molecule has 2 heterocycles. The highest BCUT2D eigenvalue weighted by atomic mass is 16.6. The number of fused-ring (bicyclic) bond motifs is 2. The van der Waals surface area contributed by atoms with Crippen LogP contribution in [-0.2, 0) is 28.5 Å². The Morgan fingerprint density at radius 2 is 1.68 bits per heavy atom. The largest absolute Gasteiger partial charge is 0.371 e. The normalized spacial score (nSPS) is 45.7. The van der Waals surface area contributed by atoms with Gasteiger partial charge in [-0.3, -0.25) is 9.59 Å². The fourth-order valence-corrected chi connectivity index (χ4v) is 9.42. The Bertz CT molecular complexity index is 949. The van der Waals surface area contributed by atoms with Crippen molar-refractivity contribution in [1.82, 2.24) is 0 Å². The molecule has 3 saturated carbocycles. The Morgan fingerprint density at radius 1 is 1.00 bits per heavy atom. The molecule has 1 spiro atoms. The number of allylic oxidation sites excluding steroid dienone is 2. The first kappa shape index (κ1) is 26.2. The van der Waals surface area contributed by atoms with E-state index in [4.69, 9.17) is 18.9 Å². The Balaban J connectivity index is 1.22. The lowest BCUT2D eigenvalue weighted by molar-refractivity contribution is -0.176. The quantitative estimate of drug-likeness (QED) is 0.292. The van der Waals surface area contributed by atoms with E-state index in [1.807, 2.05) is 0 Å². The Kier molecular flexibility index (Phi) is 6.74. The first-order valence-corrected chi connectivity index (χ1v) is 14.8. The molecule has 0 aromatic rings. The average Bonchev–Trinajstić information content (AvgIpc) is 3.79. The zero-order chi connectivity index (χ0) is 26.0. The summed E-state index contributed by atoms with van der Waals surface area (Å²) in [6.45, 7) is 12.3. The second-order valence-electron chi connectivity index (χ2n) is 13.9. The highest BCUT2D eigenvalue weighted by Crippen LogP contribution is 2.72. The Morgan fingerprint density at radius 3 is 2.32 bits per heavy atom. The summed E-state index contributed by atoms with van der Waals surface area (Å²) in [6, 6.07) is 0. The van der Waals surface area contributed by atoms with Gasteiger partial charge in [0.1, 0.15) is 25.4 Å². The first-order valence-electron chi connectivity index (χ1n) is 14.8. The molecule has 2 aliphatic heterocycles. The van der Waals surface area contributed by atoms with Crippen LogP contribution in [0.5, 0.6) is 0 Å². The van der Waals surface area contributed by atoms with Crippen LogP contribution in [0.25, 0.3) is 0 Å². The molecular weight excluding hydrogens is 468 g/mol. The monoisotopic (exact) mass is 514 g/mol. The van der Waals surface area contributed by atoms with E-state index in [0.717, 1.165) is 51.7 Å². The number of ether oxygens (including phenoxy) is 4. The van der Waals surface area contributed by atoms with Gasteiger partial charge < -0.3 is 18.9 Å². The molecule has 9 atom stereocenters. The lowest BCUT2D eigenvalue weighted by Crippen LogP contribution is -2.62. The fraction of sp³-hybridized carbons (Fsp3) is 0.871. The van der Waals surface area contributed by atoms with Crippen LogP contribution in [0.2, 0.25) is 0 Å². The first-order chi connectivity index (χ1) is 17.7. The van der Waals surface area contributed by atoms with E-state index >= 15 is 0 Å². The Hall–Kier alpha value is -1.08. The predicted octanol–water partition coefficient (Wildman–Crippen LogP) is 4.79. The van der Waals surface area contributed by atoms with E-state index < -0.39 is 0 Å². The van der Waals surface area contributed by atoms with Gasteiger partial charge in [0.25, 0.3) is 0 Å². The third-order valence-corrected chi connectivity index (χ3v) is 11.4. The molecule has 9 unspecified atom stereocenters. The van der Waals surface area contributed by atoms with Crippen LogP contribution in [0, 0.1) is 45.8 Å². The maximum Gasteiger partial charge on any atom is 0.164 e. The van der Waals surface area contributed by atoms with E-state index in [1.165, 1.54) is 12.0 Å². The summed E-state index contributed by atoms with van der Waals surface area (Å²) in [5.41, 5.74) is 1.36. The molecule has 0 aromatic carbocycles. The minimum atomic E-state index is -0.325. The predicted molar refractivity (Wildman–Crippen MR) is 139 cm³/mol. The smallest absolute Gasteiger partial charge is 0.164 e. The number of ketones is 2. The average molecular weight is 515 g/mol. The third-order valence-electron chi connectivity index (χ3n) is 11.4. The van der Waals surface area contributed by atoms with E-state index in [1.54, 1.807) is 0 Å². The zero-order valence-corrected chi connectivity index (χ0v) is 23.3. The minimum Gasteiger partial charge on any atom is -0.371 e. The molecular formula is C31H46O6. The van der Waals surface area contributed by atoms with E-state index in [0.29, 0.717) is 36.9 Å². The molecule has 6 heteroatoms. The number of carbonyl (C=O) groups excluding carboxylic acids is 2. The van der Waals surface area contributed by atoms with E-state index in [2.05, 4.69) is 33.8 Å².